The van der Waals surface area contributed by atoms with Gasteiger partial charge in [-0.25, -0.2) is 0 Å². The molecule has 0 amide bonds. The molecule has 0 saturated heterocycles. The third-order valence-corrected chi connectivity index (χ3v) is 3.36. The number of benzene rings is 1. The van der Waals surface area contributed by atoms with Crippen molar-refractivity contribution in [2.24, 2.45) is 11.5 Å². The predicted octanol–water partition coefficient (Wildman–Crippen LogP) is 3.70. The molecule has 0 saturated carbocycles. The molecule has 0 aromatic heterocycles. The van der Waals surface area contributed by atoms with E-state index < -0.39 is 0 Å². The van der Waals surface area contributed by atoms with E-state index in [0.29, 0.717) is 17.0 Å². The summed E-state index contributed by atoms with van der Waals surface area (Å²) in [5.41, 5.74) is 13.7. The molecule has 1 aliphatic heterocycles. The highest BCUT2D eigenvalue weighted by atomic mass is 35.5. The van der Waals surface area contributed by atoms with Gasteiger partial charge in [-0.15, -0.1) is 12.8 Å². The van der Waals surface area contributed by atoms with Crippen LogP contribution in [0.4, 0.5) is 0 Å². The van der Waals surface area contributed by atoms with E-state index in [1.54, 1.807) is 12.3 Å². The van der Waals surface area contributed by atoms with Gasteiger partial charge in [-0.2, -0.15) is 0 Å². The second kappa shape index (κ2) is 11.9. The number of allylic oxidation sites excluding steroid dienone is 1. The van der Waals surface area contributed by atoms with Crippen LogP contribution in [-0.4, -0.2) is 5.84 Å². The van der Waals surface area contributed by atoms with E-state index in [4.69, 9.17) is 28.5 Å². The number of hydrogen-bond donors (Lipinski definition) is 4. The van der Waals surface area contributed by atoms with Crippen LogP contribution >= 0.6 is 11.6 Å². The van der Waals surface area contributed by atoms with Gasteiger partial charge < -0.3 is 16.8 Å². The van der Waals surface area contributed by atoms with Crippen molar-refractivity contribution in [2.45, 2.75) is 26.2 Å². The minimum absolute atomic E-state index is 0.0654. The zero-order chi connectivity index (χ0) is 18.5. The summed E-state index contributed by atoms with van der Waals surface area (Å²) in [4.78, 5) is 0. The Kier molecular flexibility index (Phi) is 10.6. The van der Waals surface area contributed by atoms with Crippen molar-refractivity contribution in [2.75, 3.05) is 0 Å². The van der Waals surface area contributed by atoms with E-state index >= 15 is 0 Å². The number of aryl methyl sites for hydroxylation is 1. The van der Waals surface area contributed by atoms with E-state index in [2.05, 4.69) is 43.8 Å². The molecule has 1 heterocycles. The first-order valence-electron chi connectivity index (χ1n) is 7.50. The van der Waals surface area contributed by atoms with Crippen molar-refractivity contribution in [3.05, 3.63) is 70.7 Å². The molecule has 1 aromatic carbocycles. The van der Waals surface area contributed by atoms with Crippen LogP contribution in [0, 0.1) is 18.3 Å². The maximum absolute atomic E-state index is 7.15. The first kappa shape index (κ1) is 21.4. The van der Waals surface area contributed by atoms with E-state index in [-0.39, 0.29) is 5.84 Å². The highest BCUT2D eigenvalue weighted by molar-refractivity contribution is 6.30. The van der Waals surface area contributed by atoms with Gasteiger partial charge >= 0.3 is 0 Å². The molecule has 6 N–H and O–H groups in total. The Bertz CT molecular complexity index is 625. The summed E-state index contributed by atoms with van der Waals surface area (Å²) < 4.78 is 0. The number of hydrogen-bond acceptors (Lipinski definition) is 3. The molecule has 24 heavy (non-hydrogen) atoms. The van der Waals surface area contributed by atoms with E-state index in [1.807, 2.05) is 12.1 Å². The summed E-state index contributed by atoms with van der Waals surface area (Å²) in [5.74, 6) is -0.0654. The molecule has 2 rings (SSSR count). The molecule has 1 aliphatic rings. The Morgan fingerprint density at radius 1 is 1.29 bits per heavy atom. The number of terminal acetylenes is 1. The normalized spacial score (nSPS) is 12.2. The third kappa shape index (κ3) is 7.57. The molecule has 0 bridgehead atoms. The van der Waals surface area contributed by atoms with Gasteiger partial charge in [0.05, 0.1) is 5.57 Å². The van der Waals surface area contributed by atoms with E-state index in [9.17, 15) is 0 Å². The zero-order valence-electron chi connectivity index (χ0n) is 14.0. The number of nitrogens with one attached hydrogen (secondary N) is 2. The Hall–Kier alpha value is -2.64. The number of dihydropyridines is 1. The van der Waals surface area contributed by atoms with Gasteiger partial charge in [0.25, 0.3) is 0 Å². The van der Waals surface area contributed by atoms with Gasteiger partial charge in [0, 0.05) is 22.6 Å². The van der Waals surface area contributed by atoms with Crippen LogP contribution in [-0.2, 0) is 6.42 Å². The molecule has 0 fully saturated rings. The minimum Gasteiger partial charge on any atom is -0.398 e. The molecule has 0 unspecified atom stereocenters. The van der Waals surface area contributed by atoms with Gasteiger partial charge in [0.1, 0.15) is 5.84 Å². The lowest BCUT2D eigenvalue weighted by molar-refractivity contribution is 0.795. The van der Waals surface area contributed by atoms with E-state index in [0.717, 1.165) is 5.02 Å². The second-order valence-electron chi connectivity index (χ2n) is 4.93. The molecule has 5 heteroatoms. The fraction of sp³-hybridized carbons (Fsp3) is 0.211. The topological polar surface area (TPSA) is 87.9 Å². The van der Waals surface area contributed by atoms with Gasteiger partial charge in [-0.05, 0) is 36.6 Å². The monoisotopic (exact) mass is 344 g/mol. The number of nitrogens with two attached hydrogens (primary N) is 2. The lowest BCUT2D eigenvalue weighted by Crippen LogP contribution is -2.25. The summed E-state index contributed by atoms with van der Waals surface area (Å²) in [6.07, 6.45) is 15.0. The summed E-state index contributed by atoms with van der Waals surface area (Å²) in [5, 5.41) is 10.8. The van der Waals surface area contributed by atoms with Crippen molar-refractivity contribution in [3.63, 3.8) is 0 Å². The van der Waals surface area contributed by atoms with E-state index in [1.165, 1.54) is 24.8 Å². The maximum atomic E-state index is 7.15. The lowest BCUT2D eigenvalue weighted by atomic mass is 10.1. The van der Waals surface area contributed by atoms with Crippen LogP contribution < -0.4 is 16.8 Å². The SMILES string of the molecule is C#C.C=C1NC=CC(N)=C1C(=N)N.CCCCc1ccc(Cl)cc1. The van der Waals surface area contributed by atoms with Crippen molar-refractivity contribution >= 4 is 17.4 Å². The van der Waals surface area contributed by atoms with Crippen LogP contribution in [0.5, 0.6) is 0 Å². The molecule has 128 valence electrons. The van der Waals surface area contributed by atoms with Crippen molar-refractivity contribution < 1.29 is 0 Å². The number of unbranched alkanes of at least 4 members (excludes halogenated alkanes) is 1. The number of halogens is 1. The molecule has 0 radical (unpaired) electrons. The molecule has 0 atom stereocenters. The smallest absolute Gasteiger partial charge is 0.126 e. The van der Waals surface area contributed by atoms with Crippen LogP contribution in [0.25, 0.3) is 0 Å². The summed E-state index contributed by atoms with van der Waals surface area (Å²) >= 11 is 5.75. The van der Waals surface area contributed by atoms with Gasteiger partial charge in [0.15, 0.2) is 0 Å². The van der Waals surface area contributed by atoms with Crippen molar-refractivity contribution in [1.82, 2.24) is 5.32 Å². The Morgan fingerprint density at radius 3 is 2.29 bits per heavy atom. The Morgan fingerprint density at radius 2 is 1.88 bits per heavy atom. The first-order valence-corrected chi connectivity index (χ1v) is 7.87. The van der Waals surface area contributed by atoms with Gasteiger partial charge in [-0.1, -0.05) is 43.7 Å². The number of rotatable bonds is 4. The average Bonchev–Trinajstić information content (AvgIpc) is 2.56. The largest absolute Gasteiger partial charge is 0.398 e. The standard InChI is InChI=1S/C10H13Cl.C7H10N4.C2H2/c1-2-3-4-9-5-7-10(11)8-6-9;1-4-6(7(9)10)5(8)2-3-11-4;1-2/h5-8H,2-4H2,1H3;2-3,11H,1,8H2,(H3,9,10);1-2H. The van der Waals surface area contributed by atoms with Crippen molar-refractivity contribution in [3.8, 4) is 12.8 Å². The summed E-state index contributed by atoms with van der Waals surface area (Å²) in [6.45, 7) is 5.85. The van der Waals surface area contributed by atoms with Crippen LogP contribution in [0.15, 0.2) is 60.1 Å². The molecular weight excluding hydrogens is 320 g/mol. The summed E-state index contributed by atoms with van der Waals surface area (Å²) in [6, 6.07) is 8.09. The summed E-state index contributed by atoms with van der Waals surface area (Å²) in [7, 11) is 0. The Balaban J connectivity index is 0.000000400. The molecule has 0 spiro atoms. The van der Waals surface area contributed by atoms with Crippen LogP contribution in [0.2, 0.25) is 5.02 Å². The minimum atomic E-state index is -0.0654. The van der Waals surface area contributed by atoms with Crippen LogP contribution in [0.3, 0.4) is 0 Å². The third-order valence-electron chi connectivity index (χ3n) is 3.11. The zero-order valence-corrected chi connectivity index (χ0v) is 14.7. The molecule has 1 aromatic rings. The van der Waals surface area contributed by atoms with Crippen LogP contribution in [0.1, 0.15) is 25.3 Å². The quantitative estimate of drug-likeness (QED) is 0.381. The first-order chi connectivity index (χ1) is 11.5. The lowest BCUT2D eigenvalue weighted by Gasteiger charge is -2.15. The van der Waals surface area contributed by atoms with Crippen molar-refractivity contribution in [1.29, 1.82) is 5.41 Å². The second-order valence-corrected chi connectivity index (χ2v) is 5.37. The van der Waals surface area contributed by atoms with Gasteiger partial charge in [-0.3, -0.25) is 5.41 Å². The van der Waals surface area contributed by atoms with Gasteiger partial charge in [0.2, 0.25) is 0 Å². The highest BCUT2D eigenvalue weighted by Gasteiger charge is 2.11. The number of amidine groups is 1. The molecule has 0 aliphatic carbocycles. The predicted molar refractivity (Wildman–Crippen MR) is 104 cm³/mol. The average molecular weight is 345 g/mol. The maximum Gasteiger partial charge on any atom is 0.126 e. The Labute approximate surface area is 149 Å². The molecular formula is C19H25ClN4. The fourth-order valence-electron chi connectivity index (χ4n) is 1.91. The molecule has 4 nitrogen and oxygen atoms in total. The fourth-order valence-corrected chi connectivity index (χ4v) is 2.04. The highest BCUT2D eigenvalue weighted by Crippen LogP contribution is 2.12.